The Morgan fingerprint density at radius 3 is 2.64 bits per heavy atom. The third-order valence-corrected chi connectivity index (χ3v) is 4.33. The van der Waals surface area contributed by atoms with Gasteiger partial charge in [-0.2, -0.15) is 4.68 Å². The van der Waals surface area contributed by atoms with Crippen LogP contribution in [0.25, 0.3) is 5.69 Å². The van der Waals surface area contributed by atoms with Crippen molar-refractivity contribution in [3.05, 3.63) is 71.8 Å². The number of aromatic nitrogens is 4. The fraction of sp³-hybridized carbons (Fsp3) is 0.176. The highest BCUT2D eigenvalue weighted by Crippen LogP contribution is 2.13. The number of nitrogens with zero attached hydrogens (tertiary/aromatic N) is 4. The van der Waals surface area contributed by atoms with Crippen molar-refractivity contribution in [2.45, 2.75) is 12.3 Å². The molecule has 1 aromatic heterocycles. The smallest absolute Gasteiger partial charge is 0.230 e. The number of rotatable bonds is 7. The van der Waals surface area contributed by atoms with E-state index in [1.165, 1.54) is 23.9 Å². The standard InChI is InChI=1S/C17H16FN5OS/c18-14-8-6-13(7-9-14)10-19-17(24)12-25-11-16-20-21-22-23(16)15-4-2-1-3-5-15/h1-9H,10-12H2,(H,19,24). The average molecular weight is 357 g/mol. The summed E-state index contributed by atoms with van der Waals surface area (Å²) < 4.78 is 14.5. The predicted molar refractivity (Wildman–Crippen MR) is 93.6 cm³/mol. The van der Waals surface area contributed by atoms with E-state index in [1.807, 2.05) is 30.3 Å². The van der Waals surface area contributed by atoms with Crippen molar-refractivity contribution < 1.29 is 9.18 Å². The van der Waals surface area contributed by atoms with Crippen molar-refractivity contribution >= 4 is 17.7 Å². The number of nitrogens with one attached hydrogen (secondary N) is 1. The Morgan fingerprint density at radius 1 is 1.12 bits per heavy atom. The molecule has 0 saturated heterocycles. The lowest BCUT2D eigenvalue weighted by Crippen LogP contribution is -2.24. The SMILES string of the molecule is O=C(CSCc1nnnn1-c1ccccc1)NCc1ccc(F)cc1. The van der Waals surface area contributed by atoms with Gasteiger partial charge >= 0.3 is 0 Å². The summed E-state index contributed by atoms with van der Waals surface area (Å²) in [5.41, 5.74) is 1.73. The van der Waals surface area contributed by atoms with Gasteiger partial charge in [-0.1, -0.05) is 30.3 Å². The number of benzene rings is 2. The van der Waals surface area contributed by atoms with Crippen LogP contribution in [0.2, 0.25) is 0 Å². The molecule has 0 aliphatic carbocycles. The fourth-order valence-electron chi connectivity index (χ4n) is 2.15. The molecule has 0 bridgehead atoms. The van der Waals surface area contributed by atoms with E-state index in [0.717, 1.165) is 11.3 Å². The number of para-hydroxylation sites is 1. The monoisotopic (exact) mass is 357 g/mol. The number of carbonyl (C=O) groups is 1. The normalized spacial score (nSPS) is 10.6. The Hall–Kier alpha value is -2.74. The lowest BCUT2D eigenvalue weighted by molar-refractivity contribution is -0.118. The first-order valence-electron chi connectivity index (χ1n) is 7.64. The first-order valence-corrected chi connectivity index (χ1v) is 8.79. The maximum atomic E-state index is 12.8. The molecule has 1 heterocycles. The average Bonchev–Trinajstić information content (AvgIpc) is 3.10. The molecule has 0 radical (unpaired) electrons. The minimum absolute atomic E-state index is 0.0898. The molecule has 6 nitrogen and oxygen atoms in total. The second-order valence-corrected chi connectivity index (χ2v) is 6.22. The number of hydrogen-bond donors (Lipinski definition) is 1. The molecule has 0 fully saturated rings. The van der Waals surface area contributed by atoms with E-state index in [2.05, 4.69) is 20.8 Å². The summed E-state index contributed by atoms with van der Waals surface area (Å²) >= 11 is 1.43. The van der Waals surface area contributed by atoms with Crippen LogP contribution in [-0.2, 0) is 17.1 Å². The second kappa shape index (κ2) is 8.39. The van der Waals surface area contributed by atoms with Gasteiger partial charge in [-0.25, -0.2) is 4.39 Å². The molecule has 0 spiro atoms. The lowest BCUT2D eigenvalue weighted by Gasteiger charge is -2.06. The van der Waals surface area contributed by atoms with E-state index in [9.17, 15) is 9.18 Å². The molecule has 1 N–H and O–H groups in total. The van der Waals surface area contributed by atoms with E-state index in [-0.39, 0.29) is 11.7 Å². The number of halogens is 1. The minimum atomic E-state index is -0.290. The van der Waals surface area contributed by atoms with Crippen LogP contribution in [0.3, 0.4) is 0 Å². The molecule has 3 aromatic rings. The summed E-state index contributed by atoms with van der Waals surface area (Å²) in [5, 5.41) is 14.5. The zero-order valence-corrected chi connectivity index (χ0v) is 14.1. The molecular formula is C17H16FN5OS. The van der Waals surface area contributed by atoms with Gasteiger partial charge in [-0.15, -0.1) is 16.9 Å². The van der Waals surface area contributed by atoms with Crippen LogP contribution >= 0.6 is 11.8 Å². The van der Waals surface area contributed by atoms with Crippen molar-refractivity contribution in [2.75, 3.05) is 5.75 Å². The van der Waals surface area contributed by atoms with E-state index in [4.69, 9.17) is 0 Å². The van der Waals surface area contributed by atoms with Crippen molar-refractivity contribution in [1.29, 1.82) is 0 Å². The number of tetrazole rings is 1. The largest absolute Gasteiger partial charge is 0.351 e. The minimum Gasteiger partial charge on any atom is -0.351 e. The summed E-state index contributed by atoms with van der Waals surface area (Å²) in [4.78, 5) is 11.9. The van der Waals surface area contributed by atoms with Crippen LogP contribution < -0.4 is 5.32 Å². The molecule has 8 heteroatoms. The predicted octanol–water partition coefficient (Wildman–Crippen LogP) is 2.35. The Labute approximate surface area is 148 Å². The summed E-state index contributed by atoms with van der Waals surface area (Å²) in [6.45, 7) is 0.376. The first-order chi connectivity index (χ1) is 12.2. The topological polar surface area (TPSA) is 72.7 Å². The molecule has 3 rings (SSSR count). The van der Waals surface area contributed by atoms with Gasteiger partial charge in [0.05, 0.1) is 17.2 Å². The molecule has 0 aliphatic rings. The number of amides is 1. The lowest BCUT2D eigenvalue weighted by atomic mass is 10.2. The van der Waals surface area contributed by atoms with Gasteiger partial charge in [-0.05, 0) is 40.3 Å². The molecule has 25 heavy (non-hydrogen) atoms. The highest BCUT2D eigenvalue weighted by atomic mass is 32.2. The molecule has 0 unspecified atom stereocenters. The number of hydrogen-bond acceptors (Lipinski definition) is 5. The Morgan fingerprint density at radius 2 is 1.88 bits per heavy atom. The van der Waals surface area contributed by atoms with E-state index in [1.54, 1.807) is 16.8 Å². The molecule has 0 aliphatic heterocycles. The fourth-order valence-corrected chi connectivity index (χ4v) is 2.91. The van der Waals surface area contributed by atoms with Crippen molar-refractivity contribution in [1.82, 2.24) is 25.5 Å². The van der Waals surface area contributed by atoms with Gasteiger partial charge in [0, 0.05) is 6.54 Å². The highest BCUT2D eigenvalue weighted by molar-refractivity contribution is 7.99. The second-order valence-electron chi connectivity index (χ2n) is 5.24. The van der Waals surface area contributed by atoms with Gasteiger partial charge in [0.1, 0.15) is 5.82 Å². The summed E-state index contributed by atoms with van der Waals surface area (Å²) in [7, 11) is 0. The Kier molecular flexibility index (Phi) is 5.73. The van der Waals surface area contributed by atoms with E-state index < -0.39 is 0 Å². The summed E-state index contributed by atoms with van der Waals surface area (Å²) in [5.74, 6) is 1.12. The van der Waals surface area contributed by atoms with Gasteiger partial charge in [0.25, 0.3) is 0 Å². The van der Waals surface area contributed by atoms with Gasteiger partial charge < -0.3 is 5.32 Å². The molecule has 2 aromatic carbocycles. The van der Waals surface area contributed by atoms with Crippen LogP contribution in [0, 0.1) is 5.82 Å². The van der Waals surface area contributed by atoms with Crippen LogP contribution in [0.4, 0.5) is 4.39 Å². The third kappa shape index (κ3) is 4.87. The quantitative estimate of drug-likeness (QED) is 0.703. The molecule has 128 valence electrons. The van der Waals surface area contributed by atoms with Crippen molar-refractivity contribution in [3.63, 3.8) is 0 Å². The maximum absolute atomic E-state index is 12.8. The van der Waals surface area contributed by atoms with Gasteiger partial charge in [0.15, 0.2) is 5.82 Å². The number of carbonyl (C=O) groups excluding carboxylic acids is 1. The van der Waals surface area contributed by atoms with E-state index >= 15 is 0 Å². The first kappa shape index (κ1) is 17.1. The summed E-state index contributed by atoms with van der Waals surface area (Å²) in [6, 6.07) is 15.6. The molecule has 0 saturated carbocycles. The highest BCUT2D eigenvalue weighted by Gasteiger charge is 2.09. The molecular weight excluding hydrogens is 341 g/mol. The Bertz CT molecular complexity index is 823. The van der Waals surface area contributed by atoms with Crippen LogP contribution in [-0.4, -0.2) is 31.9 Å². The maximum Gasteiger partial charge on any atom is 0.230 e. The van der Waals surface area contributed by atoms with Crippen LogP contribution in [0.15, 0.2) is 54.6 Å². The molecule has 0 atom stereocenters. The zero-order chi connectivity index (χ0) is 17.5. The van der Waals surface area contributed by atoms with Gasteiger partial charge in [-0.3, -0.25) is 4.79 Å². The van der Waals surface area contributed by atoms with Crippen LogP contribution in [0.1, 0.15) is 11.4 Å². The van der Waals surface area contributed by atoms with Crippen molar-refractivity contribution in [3.8, 4) is 5.69 Å². The van der Waals surface area contributed by atoms with E-state index in [0.29, 0.717) is 23.9 Å². The van der Waals surface area contributed by atoms with Crippen LogP contribution in [0.5, 0.6) is 0 Å². The van der Waals surface area contributed by atoms with Crippen molar-refractivity contribution in [2.24, 2.45) is 0 Å². The Balaban J connectivity index is 1.46. The summed E-state index contributed by atoms with van der Waals surface area (Å²) in [6.07, 6.45) is 0. The zero-order valence-electron chi connectivity index (χ0n) is 13.3. The molecule has 1 amide bonds. The third-order valence-electron chi connectivity index (χ3n) is 3.40. The van der Waals surface area contributed by atoms with Gasteiger partial charge in [0.2, 0.25) is 5.91 Å². The number of thioether (sulfide) groups is 1.